The van der Waals surface area contributed by atoms with Crippen molar-refractivity contribution in [2.24, 2.45) is 0 Å². The number of nitrogen functional groups attached to an aromatic ring is 1. The van der Waals surface area contributed by atoms with Crippen LogP contribution in [0.5, 0.6) is 0 Å². The summed E-state index contributed by atoms with van der Waals surface area (Å²) in [6.07, 6.45) is 0. The molecule has 0 atom stereocenters. The summed E-state index contributed by atoms with van der Waals surface area (Å²) in [6, 6.07) is 21.3. The van der Waals surface area contributed by atoms with Crippen molar-refractivity contribution in [3.63, 3.8) is 0 Å². The smallest absolute Gasteiger partial charge is 0.160 e. The first-order valence-electron chi connectivity index (χ1n) is 10.6. The van der Waals surface area contributed by atoms with Crippen LogP contribution in [0.25, 0.3) is 33.3 Å². The third-order valence-corrected chi connectivity index (χ3v) is 5.67. The molecule has 4 N–H and O–H groups in total. The van der Waals surface area contributed by atoms with Gasteiger partial charge in [0.15, 0.2) is 5.65 Å². The summed E-state index contributed by atoms with van der Waals surface area (Å²) in [7, 11) is 0. The normalized spacial score (nSPS) is 11.7. The van der Waals surface area contributed by atoms with Crippen LogP contribution in [-0.2, 0) is 13.1 Å². The maximum atomic E-state index is 6.04. The van der Waals surface area contributed by atoms with Crippen LogP contribution in [0.1, 0.15) is 23.9 Å². The number of imidazole rings is 1. The zero-order valence-corrected chi connectivity index (χ0v) is 17.8. The van der Waals surface area contributed by atoms with Crippen molar-refractivity contribution in [3.8, 4) is 11.3 Å². The number of pyridine rings is 1. The molecule has 3 heterocycles. The van der Waals surface area contributed by atoms with E-state index in [1.165, 1.54) is 16.5 Å². The number of rotatable bonds is 6. The molecule has 2 aromatic carbocycles. The van der Waals surface area contributed by atoms with Gasteiger partial charge in [-0.2, -0.15) is 0 Å². The lowest BCUT2D eigenvalue weighted by Gasteiger charge is -2.20. The molecule has 5 rings (SSSR count). The predicted molar refractivity (Wildman–Crippen MR) is 127 cm³/mol. The Bertz CT molecular complexity index is 1350. The van der Waals surface area contributed by atoms with Gasteiger partial charge in [-0.3, -0.25) is 4.90 Å². The van der Waals surface area contributed by atoms with Gasteiger partial charge in [-0.25, -0.2) is 9.97 Å². The number of nitrogens with one attached hydrogen (secondary N) is 2. The summed E-state index contributed by atoms with van der Waals surface area (Å²) in [5.74, 6) is 1.30. The standard InChI is InChI=1S/C25H26N6/c1-3-31(14-17-7-5-4-6-8-17)15-18-9-10-21-19(11-18)12-22(29-21)20-13-23(26)30-25-24(20)27-16(2)28-25/h4-13,29H,3,14-15H2,1-2H3,(H3,26,27,28,30). The van der Waals surface area contributed by atoms with E-state index in [0.29, 0.717) is 11.5 Å². The topological polar surface area (TPSA) is 86.6 Å². The van der Waals surface area contributed by atoms with Crippen LogP contribution in [0.2, 0.25) is 0 Å². The second-order valence-electron chi connectivity index (χ2n) is 8.01. The molecule has 0 aliphatic rings. The van der Waals surface area contributed by atoms with Gasteiger partial charge in [0.2, 0.25) is 0 Å². The molecule has 31 heavy (non-hydrogen) atoms. The highest BCUT2D eigenvalue weighted by molar-refractivity contribution is 5.95. The summed E-state index contributed by atoms with van der Waals surface area (Å²) in [4.78, 5) is 18.1. The van der Waals surface area contributed by atoms with Crippen molar-refractivity contribution in [2.75, 3.05) is 12.3 Å². The molecule has 5 aromatic rings. The lowest BCUT2D eigenvalue weighted by molar-refractivity contribution is 0.271. The van der Waals surface area contributed by atoms with Crippen molar-refractivity contribution < 1.29 is 0 Å². The fraction of sp³-hybridized carbons (Fsp3) is 0.200. The molecule has 0 saturated heterocycles. The van der Waals surface area contributed by atoms with Crippen molar-refractivity contribution in [2.45, 2.75) is 26.9 Å². The molecule has 0 bridgehead atoms. The lowest BCUT2D eigenvalue weighted by atomic mass is 10.1. The number of anilines is 1. The van der Waals surface area contributed by atoms with Gasteiger partial charge in [-0.1, -0.05) is 43.3 Å². The van der Waals surface area contributed by atoms with Gasteiger partial charge in [0.1, 0.15) is 17.2 Å². The summed E-state index contributed by atoms with van der Waals surface area (Å²) < 4.78 is 0. The van der Waals surface area contributed by atoms with E-state index in [0.717, 1.165) is 47.7 Å². The van der Waals surface area contributed by atoms with E-state index in [1.807, 2.05) is 13.0 Å². The van der Waals surface area contributed by atoms with E-state index in [-0.39, 0.29) is 0 Å². The van der Waals surface area contributed by atoms with Crippen molar-refractivity contribution in [1.82, 2.24) is 24.8 Å². The summed E-state index contributed by atoms with van der Waals surface area (Å²) in [6.45, 7) is 6.99. The molecule has 0 amide bonds. The SMILES string of the molecule is CCN(Cc1ccccc1)Cc1ccc2[nH]c(-c3cc(N)nc4[nH]c(C)nc34)cc2c1. The third-order valence-electron chi connectivity index (χ3n) is 5.67. The molecule has 0 unspecified atom stereocenters. The Morgan fingerprint density at radius 3 is 2.52 bits per heavy atom. The number of nitrogens with two attached hydrogens (primary N) is 1. The van der Waals surface area contributed by atoms with Gasteiger partial charge in [-0.15, -0.1) is 0 Å². The van der Waals surface area contributed by atoms with Gasteiger partial charge in [0.25, 0.3) is 0 Å². The average molecular weight is 411 g/mol. The van der Waals surface area contributed by atoms with Crippen LogP contribution in [0, 0.1) is 6.92 Å². The van der Waals surface area contributed by atoms with Crippen LogP contribution in [-0.4, -0.2) is 31.4 Å². The fourth-order valence-electron chi connectivity index (χ4n) is 4.14. The predicted octanol–water partition coefficient (Wildman–Crippen LogP) is 5.02. The minimum Gasteiger partial charge on any atom is -0.384 e. The van der Waals surface area contributed by atoms with Crippen molar-refractivity contribution in [3.05, 3.63) is 77.6 Å². The molecule has 0 spiro atoms. The van der Waals surface area contributed by atoms with E-state index in [1.54, 1.807) is 0 Å². The Balaban J connectivity index is 1.45. The third kappa shape index (κ3) is 3.90. The Labute approximate surface area is 181 Å². The number of benzene rings is 2. The Morgan fingerprint density at radius 1 is 0.903 bits per heavy atom. The van der Waals surface area contributed by atoms with Crippen LogP contribution in [0.3, 0.4) is 0 Å². The highest BCUT2D eigenvalue weighted by Crippen LogP contribution is 2.30. The monoisotopic (exact) mass is 410 g/mol. The van der Waals surface area contributed by atoms with E-state index in [4.69, 9.17) is 5.73 Å². The number of aromatic nitrogens is 4. The lowest BCUT2D eigenvalue weighted by Crippen LogP contribution is -2.22. The number of fused-ring (bicyclic) bond motifs is 2. The fourth-order valence-corrected chi connectivity index (χ4v) is 4.14. The van der Waals surface area contributed by atoms with Gasteiger partial charge in [0, 0.05) is 35.2 Å². The summed E-state index contributed by atoms with van der Waals surface area (Å²) in [5.41, 5.74) is 13.3. The van der Waals surface area contributed by atoms with Gasteiger partial charge >= 0.3 is 0 Å². The van der Waals surface area contributed by atoms with E-state index in [2.05, 4.69) is 86.4 Å². The van der Waals surface area contributed by atoms with Crippen LogP contribution < -0.4 is 5.73 Å². The molecule has 156 valence electrons. The number of nitrogens with zero attached hydrogens (tertiary/aromatic N) is 3. The minimum absolute atomic E-state index is 0.477. The Kier molecular flexibility index (Phi) is 4.92. The van der Waals surface area contributed by atoms with Gasteiger partial charge < -0.3 is 15.7 Å². The second kappa shape index (κ2) is 7.89. The highest BCUT2D eigenvalue weighted by atomic mass is 15.1. The molecule has 0 radical (unpaired) electrons. The quantitative estimate of drug-likeness (QED) is 0.367. The molecular weight excluding hydrogens is 384 g/mol. The number of H-pyrrole nitrogens is 2. The first-order chi connectivity index (χ1) is 15.1. The Morgan fingerprint density at radius 2 is 1.71 bits per heavy atom. The average Bonchev–Trinajstić information content (AvgIpc) is 3.35. The highest BCUT2D eigenvalue weighted by Gasteiger charge is 2.13. The van der Waals surface area contributed by atoms with E-state index < -0.39 is 0 Å². The van der Waals surface area contributed by atoms with E-state index in [9.17, 15) is 0 Å². The van der Waals surface area contributed by atoms with Crippen LogP contribution in [0.15, 0.2) is 60.7 Å². The van der Waals surface area contributed by atoms with Crippen LogP contribution >= 0.6 is 0 Å². The molecule has 3 aromatic heterocycles. The molecule has 6 nitrogen and oxygen atoms in total. The van der Waals surface area contributed by atoms with Gasteiger partial charge in [0.05, 0.1) is 0 Å². The molecule has 0 aliphatic carbocycles. The number of hydrogen-bond donors (Lipinski definition) is 3. The molecule has 0 fully saturated rings. The van der Waals surface area contributed by atoms with Crippen LogP contribution in [0.4, 0.5) is 5.82 Å². The maximum absolute atomic E-state index is 6.04. The first-order valence-corrected chi connectivity index (χ1v) is 10.6. The number of hydrogen-bond acceptors (Lipinski definition) is 4. The zero-order valence-electron chi connectivity index (χ0n) is 17.8. The van der Waals surface area contributed by atoms with Gasteiger partial charge in [-0.05, 0) is 48.9 Å². The zero-order chi connectivity index (χ0) is 21.4. The summed E-state index contributed by atoms with van der Waals surface area (Å²) in [5, 5.41) is 1.18. The molecule has 0 saturated carbocycles. The minimum atomic E-state index is 0.477. The molecule has 6 heteroatoms. The maximum Gasteiger partial charge on any atom is 0.160 e. The molecular formula is C25H26N6. The Hall–Kier alpha value is -3.64. The largest absolute Gasteiger partial charge is 0.384 e. The van der Waals surface area contributed by atoms with Crippen molar-refractivity contribution >= 4 is 27.9 Å². The van der Waals surface area contributed by atoms with E-state index >= 15 is 0 Å². The number of aryl methyl sites for hydroxylation is 1. The summed E-state index contributed by atoms with van der Waals surface area (Å²) >= 11 is 0. The first kappa shape index (κ1) is 19.3. The second-order valence-corrected chi connectivity index (χ2v) is 8.01. The molecule has 0 aliphatic heterocycles. The number of aromatic amines is 2. The van der Waals surface area contributed by atoms with Crippen molar-refractivity contribution in [1.29, 1.82) is 0 Å².